The van der Waals surface area contributed by atoms with Crippen LogP contribution < -0.4 is 5.32 Å². The Morgan fingerprint density at radius 3 is 2.43 bits per heavy atom. The lowest BCUT2D eigenvalue weighted by atomic mass is 9.90. The van der Waals surface area contributed by atoms with E-state index in [1.807, 2.05) is 17.9 Å². The summed E-state index contributed by atoms with van der Waals surface area (Å²) in [5, 5.41) is 2.91. The lowest BCUT2D eigenvalue weighted by Gasteiger charge is -2.26. The molecular formula is C26H32N4O4S. The van der Waals surface area contributed by atoms with Crippen molar-refractivity contribution in [1.82, 2.24) is 19.4 Å². The Morgan fingerprint density at radius 1 is 0.914 bits per heavy atom. The van der Waals surface area contributed by atoms with E-state index in [1.54, 1.807) is 31.2 Å². The topological polar surface area (TPSA) is 90.0 Å². The summed E-state index contributed by atoms with van der Waals surface area (Å²) in [5.74, 6) is -0.270. The minimum absolute atomic E-state index is 0.142. The van der Waals surface area contributed by atoms with E-state index >= 15 is 0 Å². The Morgan fingerprint density at radius 2 is 1.66 bits per heavy atom. The zero-order chi connectivity index (χ0) is 24.8. The van der Waals surface area contributed by atoms with Crippen LogP contribution in [0.4, 0.5) is 4.79 Å². The molecule has 2 heterocycles. The zero-order valence-electron chi connectivity index (χ0n) is 20.3. The number of imide groups is 1. The number of hydrogen-bond donors (Lipinski definition) is 1. The number of carbonyl (C=O) groups excluding carboxylic acids is 2. The summed E-state index contributed by atoms with van der Waals surface area (Å²) in [4.78, 5) is 29.8. The molecular weight excluding hydrogens is 464 g/mol. The molecule has 186 valence electrons. The second-order valence-corrected chi connectivity index (χ2v) is 11.9. The maximum absolute atomic E-state index is 13.4. The average Bonchev–Trinajstić information content (AvgIpc) is 3.28. The van der Waals surface area contributed by atoms with E-state index in [0.29, 0.717) is 32.6 Å². The van der Waals surface area contributed by atoms with E-state index < -0.39 is 21.6 Å². The maximum Gasteiger partial charge on any atom is 0.326 e. The van der Waals surface area contributed by atoms with Gasteiger partial charge in [0, 0.05) is 26.2 Å². The zero-order valence-corrected chi connectivity index (χ0v) is 21.1. The number of urea groups is 1. The van der Waals surface area contributed by atoms with E-state index in [-0.39, 0.29) is 17.5 Å². The van der Waals surface area contributed by atoms with Crippen molar-refractivity contribution < 1.29 is 18.0 Å². The number of benzene rings is 2. The van der Waals surface area contributed by atoms with Crippen molar-refractivity contribution in [3.05, 3.63) is 64.7 Å². The fourth-order valence-corrected chi connectivity index (χ4v) is 6.76. The van der Waals surface area contributed by atoms with Gasteiger partial charge in [-0.3, -0.25) is 9.69 Å². The summed E-state index contributed by atoms with van der Waals surface area (Å²) in [6.07, 6.45) is 3.80. The summed E-state index contributed by atoms with van der Waals surface area (Å²) in [6.45, 7) is 5.59. The lowest BCUT2D eigenvalue weighted by molar-refractivity contribution is -0.132. The standard InChI is InChI=1S/C26H32N4O4S/c1-19-7-11-23(12-8-19)35(33,34)29-14-4-13-28(15-16-29)18-30-24(31)26(2,27-25(30)32)22-10-9-20-5-3-6-21(20)17-22/h7-12,17H,3-6,13-16,18H2,1-2H3,(H,27,32)/t26-/m0/s1. The number of carbonyl (C=O) groups is 2. The van der Waals surface area contributed by atoms with E-state index in [9.17, 15) is 18.0 Å². The van der Waals surface area contributed by atoms with Crippen LogP contribution in [0.3, 0.4) is 0 Å². The fourth-order valence-electron chi connectivity index (χ4n) is 5.29. The van der Waals surface area contributed by atoms with Crippen LogP contribution in [0.5, 0.6) is 0 Å². The quantitative estimate of drug-likeness (QED) is 0.643. The Labute approximate surface area is 206 Å². The van der Waals surface area contributed by atoms with Crippen LogP contribution >= 0.6 is 0 Å². The smallest absolute Gasteiger partial charge is 0.319 e. The monoisotopic (exact) mass is 496 g/mol. The number of fused-ring (bicyclic) bond motifs is 1. The molecule has 0 bridgehead atoms. The first-order valence-corrected chi connectivity index (χ1v) is 13.7. The van der Waals surface area contributed by atoms with Crippen molar-refractivity contribution in [3.63, 3.8) is 0 Å². The number of nitrogens with zero attached hydrogens (tertiary/aromatic N) is 3. The van der Waals surface area contributed by atoms with Gasteiger partial charge in [0.25, 0.3) is 5.91 Å². The highest BCUT2D eigenvalue weighted by atomic mass is 32.2. The van der Waals surface area contributed by atoms with Gasteiger partial charge in [0.2, 0.25) is 10.0 Å². The predicted octanol–water partition coefficient (Wildman–Crippen LogP) is 2.60. The van der Waals surface area contributed by atoms with Crippen LogP contribution in [0.15, 0.2) is 47.4 Å². The molecule has 0 radical (unpaired) electrons. The molecule has 1 atom stereocenters. The van der Waals surface area contributed by atoms with Gasteiger partial charge in [-0.05, 0) is 68.4 Å². The van der Waals surface area contributed by atoms with Crippen molar-refractivity contribution in [1.29, 1.82) is 0 Å². The van der Waals surface area contributed by atoms with Gasteiger partial charge in [0.05, 0.1) is 11.6 Å². The van der Waals surface area contributed by atoms with Gasteiger partial charge in [-0.15, -0.1) is 0 Å². The largest absolute Gasteiger partial charge is 0.326 e. The molecule has 3 amide bonds. The fraction of sp³-hybridized carbons (Fsp3) is 0.462. The van der Waals surface area contributed by atoms with Crippen LogP contribution in [-0.4, -0.2) is 67.3 Å². The van der Waals surface area contributed by atoms with Gasteiger partial charge >= 0.3 is 6.03 Å². The molecule has 0 spiro atoms. The first-order valence-electron chi connectivity index (χ1n) is 12.2. The first kappa shape index (κ1) is 24.0. The van der Waals surface area contributed by atoms with E-state index in [1.165, 1.54) is 20.3 Å². The number of aryl methyl sites for hydroxylation is 3. The van der Waals surface area contributed by atoms with Crippen molar-refractivity contribution in [2.75, 3.05) is 32.8 Å². The molecule has 8 nitrogen and oxygen atoms in total. The van der Waals surface area contributed by atoms with Crippen molar-refractivity contribution >= 4 is 22.0 Å². The van der Waals surface area contributed by atoms with Crippen molar-refractivity contribution in [2.24, 2.45) is 0 Å². The summed E-state index contributed by atoms with van der Waals surface area (Å²) < 4.78 is 27.7. The number of nitrogens with one attached hydrogen (secondary N) is 1. The van der Waals surface area contributed by atoms with Crippen LogP contribution in [0.2, 0.25) is 0 Å². The molecule has 2 aromatic carbocycles. The number of sulfonamides is 1. The summed E-state index contributed by atoms with van der Waals surface area (Å²) in [7, 11) is -3.59. The third kappa shape index (κ3) is 4.37. The summed E-state index contributed by atoms with van der Waals surface area (Å²) in [6, 6.07) is 12.5. The average molecular weight is 497 g/mol. The molecule has 3 aliphatic rings. The summed E-state index contributed by atoms with van der Waals surface area (Å²) >= 11 is 0. The molecule has 35 heavy (non-hydrogen) atoms. The highest BCUT2D eigenvalue weighted by Crippen LogP contribution is 2.33. The molecule has 9 heteroatoms. The second-order valence-electron chi connectivity index (χ2n) is 9.96. The Balaban J connectivity index is 1.27. The molecule has 0 unspecified atom stereocenters. The minimum atomic E-state index is -3.59. The number of rotatable bonds is 5. The predicted molar refractivity (Wildman–Crippen MR) is 132 cm³/mol. The van der Waals surface area contributed by atoms with Crippen LogP contribution in [0, 0.1) is 6.92 Å². The van der Waals surface area contributed by atoms with Crippen LogP contribution in [0.25, 0.3) is 0 Å². The molecule has 1 aliphatic carbocycles. The van der Waals surface area contributed by atoms with E-state index in [4.69, 9.17) is 0 Å². The molecule has 2 fully saturated rings. The molecule has 5 rings (SSSR count). The van der Waals surface area contributed by atoms with Gasteiger partial charge in [-0.1, -0.05) is 35.9 Å². The summed E-state index contributed by atoms with van der Waals surface area (Å²) in [5.41, 5.74) is 3.30. The van der Waals surface area contributed by atoms with E-state index in [2.05, 4.69) is 17.4 Å². The molecule has 0 aromatic heterocycles. The van der Waals surface area contributed by atoms with Crippen molar-refractivity contribution in [2.45, 2.75) is 50.0 Å². The molecule has 2 saturated heterocycles. The van der Waals surface area contributed by atoms with Crippen molar-refractivity contribution in [3.8, 4) is 0 Å². The van der Waals surface area contributed by atoms with Gasteiger partial charge in [-0.25, -0.2) is 18.1 Å². The normalized spacial score (nSPS) is 23.9. The molecule has 1 N–H and O–H groups in total. The second kappa shape index (κ2) is 9.04. The number of hydrogen-bond acceptors (Lipinski definition) is 5. The van der Waals surface area contributed by atoms with Gasteiger partial charge in [0.15, 0.2) is 0 Å². The molecule has 2 aliphatic heterocycles. The molecule has 2 aromatic rings. The maximum atomic E-state index is 13.4. The highest BCUT2D eigenvalue weighted by molar-refractivity contribution is 7.89. The number of amides is 3. The Hall–Kier alpha value is -2.75. The minimum Gasteiger partial charge on any atom is -0.319 e. The van der Waals surface area contributed by atoms with Gasteiger partial charge in [0.1, 0.15) is 5.54 Å². The first-order chi connectivity index (χ1) is 16.7. The highest BCUT2D eigenvalue weighted by Gasteiger charge is 2.49. The Bertz CT molecular complexity index is 1260. The Kier molecular flexibility index (Phi) is 6.19. The third-order valence-electron chi connectivity index (χ3n) is 7.50. The lowest BCUT2D eigenvalue weighted by Crippen LogP contribution is -2.45. The van der Waals surface area contributed by atoms with E-state index in [0.717, 1.165) is 30.4 Å². The molecule has 0 saturated carbocycles. The van der Waals surface area contributed by atoms with Crippen LogP contribution in [-0.2, 0) is 33.2 Å². The SMILES string of the molecule is Cc1ccc(S(=O)(=O)N2CCCN(CN3C(=O)N[C@@](C)(c4ccc5c(c4)CCC5)C3=O)CC2)cc1. The van der Waals surface area contributed by atoms with Crippen LogP contribution in [0.1, 0.15) is 42.0 Å². The van der Waals surface area contributed by atoms with Gasteiger partial charge < -0.3 is 5.32 Å². The third-order valence-corrected chi connectivity index (χ3v) is 9.41. The van der Waals surface area contributed by atoms with Gasteiger partial charge in [-0.2, -0.15) is 4.31 Å².